The van der Waals surface area contributed by atoms with Gasteiger partial charge < -0.3 is 14.5 Å². The van der Waals surface area contributed by atoms with Crippen LogP contribution in [-0.4, -0.2) is 16.7 Å². The van der Waals surface area contributed by atoms with E-state index in [2.05, 4.69) is 15.5 Å². The van der Waals surface area contributed by atoms with E-state index >= 15 is 0 Å². The summed E-state index contributed by atoms with van der Waals surface area (Å²) in [6, 6.07) is 9.40. The van der Waals surface area contributed by atoms with Crippen molar-refractivity contribution in [2.24, 2.45) is 0 Å². The minimum absolute atomic E-state index is 0.174. The molecule has 0 fully saturated rings. The molecule has 2 heterocycles. The number of hydrogen-bond acceptors (Lipinski definition) is 7. The van der Waals surface area contributed by atoms with Gasteiger partial charge >= 0.3 is 0 Å². The second kappa shape index (κ2) is 5.81. The smallest absolute Gasteiger partial charge is 0.246 e. The average molecular weight is 300 g/mol. The third-order valence-electron chi connectivity index (χ3n) is 2.79. The molecule has 1 aromatic carbocycles. The fourth-order valence-electron chi connectivity index (χ4n) is 1.91. The summed E-state index contributed by atoms with van der Waals surface area (Å²) >= 11 is 1.43. The van der Waals surface area contributed by atoms with Crippen molar-refractivity contribution in [2.75, 3.05) is 11.9 Å². The van der Waals surface area contributed by atoms with Crippen LogP contribution < -0.4 is 10.1 Å². The van der Waals surface area contributed by atoms with Crippen LogP contribution in [0.1, 0.15) is 17.7 Å². The fourth-order valence-corrected chi connectivity index (χ4v) is 2.63. The molecule has 21 heavy (non-hydrogen) atoms. The molecule has 2 aromatic heterocycles. The number of furan rings is 1. The van der Waals surface area contributed by atoms with Gasteiger partial charge in [0.2, 0.25) is 10.9 Å². The summed E-state index contributed by atoms with van der Waals surface area (Å²) in [5.41, 5.74) is 0.634. The number of nitrogens with zero attached hydrogens (tertiary/aromatic N) is 3. The zero-order chi connectivity index (χ0) is 14.7. The van der Waals surface area contributed by atoms with Gasteiger partial charge in [0.25, 0.3) is 0 Å². The number of nitrogens with one attached hydrogen (secondary N) is 1. The Hall–Kier alpha value is -2.59. The Morgan fingerprint density at radius 2 is 2.24 bits per heavy atom. The van der Waals surface area contributed by atoms with Crippen molar-refractivity contribution in [3.05, 3.63) is 35.0 Å². The molecule has 6 nitrogen and oxygen atoms in total. The first-order valence-corrected chi connectivity index (χ1v) is 7.24. The summed E-state index contributed by atoms with van der Waals surface area (Å²) in [7, 11) is 0. The Bertz CT molecular complexity index is 803. The zero-order valence-electron chi connectivity index (χ0n) is 11.3. The van der Waals surface area contributed by atoms with Crippen LogP contribution in [0, 0.1) is 11.3 Å². The molecule has 3 aromatic rings. The third-order valence-corrected chi connectivity index (χ3v) is 3.64. The number of ether oxygens (including phenoxy) is 1. The molecule has 0 aliphatic rings. The molecule has 1 N–H and O–H groups in total. The predicted molar refractivity (Wildman–Crippen MR) is 79.3 cm³/mol. The number of rotatable bonds is 5. The zero-order valence-corrected chi connectivity index (χ0v) is 12.1. The van der Waals surface area contributed by atoms with Gasteiger partial charge in [-0.05, 0) is 19.1 Å². The number of hydrogen-bond donors (Lipinski definition) is 1. The van der Waals surface area contributed by atoms with Crippen LogP contribution in [0.15, 0.2) is 28.7 Å². The van der Waals surface area contributed by atoms with Crippen LogP contribution in [0.2, 0.25) is 0 Å². The van der Waals surface area contributed by atoms with Crippen LogP contribution in [0.25, 0.3) is 11.0 Å². The van der Waals surface area contributed by atoms with Crippen LogP contribution >= 0.6 is 11.3 Å². The summed E-state index contributed by atoms with van der Waals surface area (Å²) in [4.78, 5) is 0. The molecular formula is C14H12N4O2S. The lowest BCUT2D eigenvalue weighted by Crippen LogP contribution is -1.95. The van der Waals surface area contributed by atoms with Crippen LogP contribution in [-0.2, 0) is 6.61 Å². The molecule has 3 rings (SSSR count). The SMILES string of the molecule is CCNc1nnc(COc2c(C#N)oc3ccccc23)s1. The van der Waals surface area contributed by atoms with Crippen LogP contribution in [0.4, 0.5) is 5.13 Å². The summed E-state index contributed by atoms with van der Waals surface area (Å²) in [6.45, 7) is 3.04. The van der Waals surface area contributed by atoms with Crippen molar-refractivity contribution in [3.8, 4) is 11.8 Å². The van der Waals surface area contributed by atoms with Crippen LogP contribution in [0.5, 0.6) is 5.75 Å². The van der Waals surface area contributed by atoms with E-state index in [1.54, 1.807) is 6.07 Å². The summed E-state index contributed by atoms with van der Waals surface area (Å²) in [6.07, 6.45) is 0. The number of anilines is 1. The number of fused-ring (bicyclic) bond motifs is 1. The molecule has 0 amide bonds. The van der Waals surface area contributed by atoms with Gasteiger partial charge in [-0.3, -0.25) is 0 Å². The lowest BCUT2D eigenvalue weighted by atomic mass is 10.2. The molecule has 7 heteroatoms. The van der Waals surface area contributed by atoms with Crippen molar-refractivity contribution >= 4 is 27.4 Å². The molecule has 106 valence electrons. The second-order valence-electron chi connectivity index (χ2n) is 4.19. The highest BCUT2D eigenvalue weighted by Gasteiger charge is 2.16. The van der Waals surface area contributed by atoms with E-state index in [4.69, 9.17) is 14.4 Å². The molecule has 0 saturated heterocycles. The second-order valence-corrected chi connectivity index (χ2v) is 5.25. The lowest BCUT2D eigenvalue weighted by molar-refractivity contribution is 0.302. The van der Waals surface area contributed by atoms with Crippen molar-refractivity contribution in [3.63, 3.8) is 0 Å². The topological polar surface area (TPSA) is 84.0 Å². The highest BCUT2D eigenvalue weighted by atomic mass is 32.1. The monoisotopic (exact) mass is 300 g/mol. The number of para-hydroxylation sites is 1. The summed E-state index contributed by atoms with van der Waals surface area (Å²) < 4.78 is 11.2. The minimum Gasteiger partial charge on any atom is -0.481 e. The van der Waals surface area contributed by atoms with Crippen molar-refractivity contribution in [2.45, 2.75) is 13.5 Å². The fraction of sp³-hybridized carbons (Fsp3) is 0.214. The number of aromatic nitrogens is 2. The van der Waals surface area contributed by atoms with E-state index in [-0.39, 0.29) is 12.4 Å². The van der Waals surface area contributed by atoms with Crippen molar-refractivity contribution < 1.29 is 9.15 Å². The van der Waals surface area contributed by atoms with Gasteiger partial charge in [0, 0.05) is 6.54 Å². The van der Waals surface area contributed by atoms with E-state index in [0.29, 0.717) is 11.3 Å². The molecule has 0 spiro atoms. The maximum atomic E-state index is 9.13. The quantitative estimate of drug-likeness (QED) is 0.779. The van der Waals surface area contributed by atoms with E-state index in [0.717, 1.165) is 22.1 Å². The Labute approximate surface area is 125 Å². The van der Waals surface area contributed by atoms with Gasteiger partial charge in [0.1, 0.15) is 18.3 Å². The summed E-state index contributed by atoms with van der Waals surface area (Å²) in [5.74, 6) is 0.626. The number of benzene rings is 1. The van der Waals surface area contributed by atoms with Crippen LogP contribution in [0.3, 0.4) is 0 Å². The average Bonchev–Trinajstić information content (AvgIpc) is 3.09. The lowest BCUT2D eigenvalue weighted by Gasteiger charge is -2.01. The normalized spacial score (nSPS) is 10.5. The van der Waals surface area contributed by atoms with Gasteiger partial charge in [-0.1, -0.05) is 23.5 Å². The van der Waals surface area contributed by atoms with Gasteiger partial charge in [0.05, 0.1) is 5.39 Å². The maximum absolute atomic E-state index is 9.13. The standard InChI is InChI=1S/C14H12N4O2S/c1-2-16-14-18-17-12(21-14)8-19-13-9-5-3-4-6-10(9)20-11(13)7-15/h3-6H,2,8H2,1H3,(H,16,18). The Kier molecular flexibility index (Phi) is 3.71. The van der Waals surface area contributed by atoms with Gasteiger partial charge in [-0.2, -0.15) is 5.26 Å². The first-order chi connectivity index (χ1) is 10.3. The Balaban J connectivity index is 1.82. The molecule has 0 bridgehead atoms. The molecule has 0 aliphatic carbocycles. The largest absolute Gasteiger partial charge is 0.481 e. The third kappa shape index (κ3) is 2.66. The molecule has 0 unspecified atom stereocenters. The molecule has 0 atom stereocenters. The van der Waals surface area contributed by atoms with E-state index in [1.807, 2.05) is 31.2 Å². The first kappa shape index (κ1) is 13.4. The van der Waals surface area contributed by atoms with E-state index < -0.39 is 0 Å². The molecule has 0 aliphatic heterocycles. The van der Waals surface area contributed by atoms with E-state index in [1.165, 1.54) is 11.3 Å². The molecule has 0 radical (unpaired) electrons. The van der Waals surface area contributed by atoms with Crippen molar-refractivity contribution in [1.29, 1.82) is 5.26 Å². The highest BCUT2D eigenvalue weighted by molar-refractivity contribution is 7.15. The van der Waals surface area contributed by atoms with Crippen molar-refractivity contribution in [1.82, 2.24) is 10.2 Å². The minimum atomic E-state index is 0.174. The summed E-state index contributed by atoms with van der Waals surface area (Å²) in [5, 5.41) is 22.5. The van der Waals surface area contributed by atoms with Gasteiger partial charge in [0.15, 0.2) is 10.8 Å². The van der Waals surface area contributed by atoms with Gasteiger partial charge in [-0.25, -0.2) is 0 Å². The predicted octanol–water partition coefficient (Wildman–Crippen LogP) is 3.17. The molecular weight excluding hydrogens is 288 g/mol. The maximum Gasteiger partial charge on any atom is 0.246 e. The van der Waals surface area contributed by atoms with Gasteiger partial charge in [-0.15, -0.1) is 10.2 Å². The highest BCUT2D eigenvalue weighted by Crippen LogP contribution is 2.33. The number of nitriles is 1. The van der Waals surface area contributed by atoms with E-state index in [9.17, 15) is 0 Å². The first-order valence-electron chi connectivity index (χ1n) is 6.42. The Morgan fingerprint density at radius 3 is 3.05 bits per heavy atom. The molecule has 0 saturated carbocycles. The Morgan fingerprint density at radius 1 is 1.38 bits per heavy atom.